The summed E-state index contributed by atoms with van der Waals surface area (Å²) in [7, 11) is 0. The van der Waals surface area contributed by atoms with Crippen molar-refractivity contribution in [3.63, 3.8) is 0 Å². The molecule has 5 heteroatoms. The molecule has 224 valence electrons. The van der Waals surface area contributed by atoms with E-state index in [9.17, 15) is 0 Å². The molecule has 0 spiro atoms. The van der Waals surface area contributed by atoms with Crippen molar-refractivity contribution < 1.29 is 26.2 Å². The predicted octanol–water partition coefficient (Wildman–Crippen LogP) is 10.3. The van der Waals surface area contributed by atoms with Crippen molar-refractivity contribution in [3.8, 4) is 0 Å². The van der Waals surface area contributed by atoms with Gasteiger partial charge in [0.15, 0.2) is 0 Å². The van der Waals surface area contributed by atoms with Crippen LogP contribution >= 0.6 is 24.8 Å². The summed E-state index contributed by atoms with van der Waals surface area (Å²) in [6, 6.07) is 64.7. The minimum atomic E-state index is 0. The molecule has 0 heterocycles. The van der Waals surface area contributed by atoms with Gasteiger partial charge in [0.2, 0.25) is 0 Å². The fourth-order valence-electron chi connectivity index (χ4n) is 2.94. The third-order valence-corrected chi connectivity index (χ3v) is 4.85. The van der Waals surface area contributed by atoms with Crippen LogP contribution in [0, 0.1) is 30.3 Å². The minimum Gasteiger partial charge on any atom is -0.273 e. The van der Waals surface area contributed by atoms with E-state index in [0.717, 1.165) is 6.42 Å². The Morgan fingerprint density at radius 3 is 1.14 bits per heavy atom. The minimum absolute atomic E-state index is 0. The van der Waals surface area contributed by atoms with E-state index in [1.54, 1.807) is 0 Å². The van der Waals surface area contributed by atoms with Crippen LogP contribution in [0.2, 0.25) is 0 Å². The molecule has 0 atom stereocenters. The number of hydrogen-bond acceptors (Lipinski definition) is 0. The Balaban J connectivity index is -0.000000215. The Kier molecular flexibility index (Phi) is 39.6. The average molecular weight is 723 g/mol. The summed E-state index contributed by atoms with van der Waals surface area (Å²) < 4.78 is 0. The van der Waals surface area contributed by atoms with E-state index in [2.05, 4.69) is 85.8 Å². The standard InChI is InChI=1S/C9H7.C6H7.4C6H5.2ClH.2Si.Zr/c1-2-5-9-7-3-6-8(9)4-1;1-6-4-2-3-5-6;4*1-2-4-6-5-3-1;;;;;/h1-7H;4-5H,2H2,1H3;4*1-5H;2*1H;;;/q6*-1;;;;;. The molecule has 0 bridgehead atoms. The monoisotopic (exact) mass is 720 g/mol. The summed E-state index contributed by atoms with van der Waals surface area (Å²) in [4.78, 5) is 0. The Morgan fingerprint density at radius 2 is 0.909 bits per heavy atom. The summed E-state index contributed by atoms with van der Waals surface area (Å²) in [6.07, 6.45) is 8.24. The van der Waals surface area contributed by atoms with Gasteiger partial charge in [-0.25, -0.2) is 11.6 Å². The SMILES string of the molecule is CC1=CC[C-]=C1.Cl.Cl.[Si].[Si].[Zr].[c-]1ccccc1.[c-]1ccccc1.[c-]1ccccc1.[c-]1ccccc1.c1ccc2[cH-]ccc2c1. The molecule has 0 aromatic heterocycles. The summed E-state index contributed by atoms with van der Waals surface area (Å²) in [5.74, 6) is 0. The van der Waals surface area contributed by atoms with Gasteiger partial charge < -0.3 is 0 Å². The van der Waals surface area contributed by atoms with E-state index in [1.807, 2.05) is 127 Å². The van der Waals surface area contributed by atoms with Crippen LogP contribution in [0.3, 0.4) is 0 Å². The molecule has 0 nitrogen and oxygen atoms in total. The number of rotatable bonds is 0. The Morgan fingerprint density at radius 1 is 0.523 bits per heavy atom. The number of halogens is 2. The zero-order chi connectivity index (χ0) is 27.5. The molecule has 0 saturated heterocycles. The van der Waals surface area contributed by atoms with Crippen molar-refractivity contribution in [2.75, 3.05) is 0 Å². The number of hydrogen-bond donors (Lipinski definition) is 0. The molecule has 0 fully saturated rings. The quantitative estimate of drug-likeness (QED) is 0.108. The van der Waals surface area contributed by atoms with E-state index in [-0.39, 0.29) is 72.9 Å². The molecule has 0 unspecified atom stereocenters. The van der Waals surface area contributed by atoms with Gasteiger partial charge in [0.1, 0.15) is 0 Å². The Labute approximate surface area is 306 Å². The zero-order valence-corrected chi connectivity index (χ0v) is 30.9. The van der Waals surface area contributed by atoms with E-state index in [0.29, 0.717) is 0 Å². The molecular formula is C39H36Cl2Si2Zr-6. The zero-order valence-electron chi connectivity index (χ0n) is 24.8. The van der Waals surface area contributed by atoms with Crippen LogP contribution in [0.25, 0.3) is 10.8 Å². The molecule has 0 amide bonds. The molecule has 44 heavy (non-hydrogen) atoms. The maximum absolute atomic E-state index is 3.05. The Hall–Kier alpha value is -2.91. The first kappa shape index (κ1) is 48.0. The van der Waals surface area contributed by atoms with Gasteiger partial charge in [-0.1, -0.05) is 6.07 Å². The van der Waals surface area contributed by atoms with Crippen LogP contribution in [0.1, 0.15) is 13.3 Å². The van der Waals surface area contributed by atoms with Gasteiger partial charge in [-0.05, 0) is 0 Å². The average Bonchev–Trinajstić information content (AvgIpc) is 3.74. The molecule has 1 aliphatic rings. The second kappa shape index (κ2) is 36.3. The van der Waals surface area contributed by atoms with Gasteiger partial charge in [-0.2, -0.15) is 169 Å². The Bertz CT molecular complexity index is 1110. The van der Waals surface area contributed by atoms with Crippen molar-refractivity contribution >= 4 is 57.5 Å². The molecule has 8 radical (unpaired) electrons. The summed E-state index contributed by atoms with van der Waals surface area (Å²) in [5.41, 5.74) is 1.34. The first-order chi connectivity index (χ1) is 19.4. The second-order valence-electron chi connectivity index (χ2n) is 7.96. The normalized spacial score (nSPS) is 8.98. The van der Waals surface area contributed by atoms with Crippen LogP contribution in [-0.4, -0.2) is 21.9 Å². The van der Waals surface area contributed by atoms with Crippen LogP contribution in [-0.2, 0) is 26.2 Å². The molecule has 1 aliphatic carbocycles. The van der Waals surface area contributed by atoms with Crippen molar-refractivity contribution in [1.82, 2.24) is 0 Å². The van der Waals surface area contributed by atoms with Gasteiger partial charge in [-0.15, -0.1) is 67.8 Å². The van der Waals surface area contributed by atoms with Gasteiger partial charge in [-0.3, -0.25) is 6.08 Å². The third-order valence-electron chi connectivity index (χ3n) is 4.85. The van der Waals surface area contributed by atoms with Gasteiger partial charge in [0, 0.05) is 48.1 Å². The third kappa shape index (κ3) is 27.9. The largest absolute Gasteiger partial charge is 0.273 e. The first-order valence-corrected chi connectivity index (χ1v) is 12.8. The molecule has 0 saturated carbocycles. The number of benzene rings is 5. The van der Waals surface area contributed by atoms with Crippen molar-refractivity contribution in [1.29, 1.82) is 0 Å². The van der Waals surface area contributed by atoms with Crippen molar-refractivity contribution in [2.45, 2.75) is 13.3 Å². The fourth-order valence-corrected chi connectivity index (χ4v) is 2.94. The maximum Gasteiger partial charge on any atom is 0 e. The molecule has 6 aromatic carbocycles. The fraction of sp³-hybridized carbons (Fsp3) is 0.0513. The van der Waals surface area contributed by atoms with E-state index in [1.165, 1.54) is 16.3 Å². The molecule has 0 N–H and O–H groups in total. The number of fused-ring (bicyclic) bond motifs is 1. The molecular weight excluding hydrogens is 687 g/mol. The topological polar surface area (TPSA) is 0 Å². The molecule has 0 aliphatic heterocycles. The summed E-state index contributed by atoms with van der Waals surface area (Å²) >= 11 is 0. The van der Waals surface area contributed by atoms with E-state index in [4.69, 9.17) is 0 Å². The van der Waals surface area contributed by atoms with Crippen molar-refractivity contribution in [3.05, 3.63) is 212 Å². The van der Waals surface area contributed by atoms with Crippen molar-refractivity contribution in [2.24, 2.45) is 0 Å². The first-order valence-electron chi connectivity index (χ1n) is 12.8. The number of allylic oxidation sites excluding steroid dienone is 4. The van der Waals surface area contributed by atoms with Crippen LogP contribution < -0.4 is 0 Å². The van der Waals surface area contributed by atoms with E-state index >= 15 is 0 Å². The van der Waals surface area contributed by atoms with Crippen LogP contribution in [0.15, 0.2) is 182 Å². The molecule has 6 aromatic rings. The van der Waals surface area contributed by atoms with Gasteiger partial charge in [0.25, 0.3) is 0 Å². The maximum atomic E-state index is 3.05. The van der Waals surface area contributed by atoms with Gasteiger partial charge >= 0.3 is 0 Å². The van der Waals surface area contributed by atoms with Crippen LogP contribution in [0.4, 0.5) is 0 Å². The smallest absolute Gasteiger partial charge is 0 e. The van der Waals surface area contributed by atoms with E-state index < -0.39 is 0 Å². The summed E-state index contributed by atoms with van der Waals surface area (Å²) in [5, 5.41) is 2.66. The van der Waals surface area contributed by atoms with Gasteiger partial charge in [0.05, 0.1) is 0 Å². The second-order valence-corrected chi connectivity index (χ2v) is 7.96. The van der Waals surface area contributed by atoms with Crippen LogP contribution in [0.5, 0.6) is 0 Å². The summed E-state index contributed by atoms with van der Waals surface area (Å²) in [6.45, 7) is 2.08. The molecule has 7 rings (SSSR count). The predicted molar refractivity (Wildman–Crippen MR) is 193 cm³/mol.